The minimum atomic E-state index is -0.505. The molecule has 19 heavy (non-hydrogen) atoms. The molecule has 0 aromatic heterocycles. The molecule has 1 aliphatic rings. The molecule has 0 heterocycles. The number of amides is 1. The van der Waals surface area contributed by atoms with E-state index in [0.29, 0.717) is 5.56 Å². The van der Waals surface area contributed by atoms with Crippen molar-refractivity contribution in [2.24, 2.45) is 5.92 Å². The molecule has 1 aliphatic carbocycles. The lowest BCUT2D eigenvalue weighted by atomic mass is 10.1. The lowest BCUT2D eigenvalue weighted by Crippen LogP contribution is -2.33. The predicted molar refractivity (Wildman–Crippen MR) is 75.1 cm³/mol. The summed E-state index contributed by atoms with van der Waals surface area (Å²) in [6.07, 6.45) is 3.44. The minimum Gasteiger partial charge on any atom is -0.350 e. The molecule has 2 rings (SSSR count). The Kier molecular flexibility index (Phi) is 4.19. The lowest BCUT2D eigenvalue weighted by molar-refractivity contribution is -0.385. The zero-order valence-electron chi connectivity index (χ0n) is 10.6. The number of carbonyl (C=O) groups excluding carboxylic acids is 1. The Morgan fingerprint density at radius 3 is 2.84 bits per heavy atom. The van der Waals surface area contributed by atoms with E-state index in [1.54, 1.807) is 6.07 Å². The summed E-state index contributed by atoms with van der Waals surface area (Å²) in [4.78, 5) is 22.4. The second kappa shape index (κ2) is 5.69. The number of nitro benzene ring substituents is 1. The van der Waals surface area contributed by atoms with E-state index in [-0.39, 0.29) is 22.1 Å². The summed E-state index contributed by atoms with van der Waals surface area (Å²) >= 11 is 3.13. The van der Waals surface area contributed by atoms with Crippen LogP contribution in [0.2, 0.25) is 0 Å². The van der Waals surface area contributed by atoms with Gasteiger partial charge in [-0.3, -0.25) is 14.9 Å². The van der Waals surface area contributed by atoms with Crippen LogP contribution in [0, 0.1) is 16.0 Å². The van der Waals surface area contributed by atoms with Crippen LogP contribution in [-0.4, -0.2) is 16.9 Å². The van der Waals surface area contributed by atoms with Crippen LogP contribution in [0.15, 0.2) is 22.7 Å². The first-order chi connectivity index (χ1) is 8.99. The lowest BCUT2D eigenvalue weighted by Gasteiger charge is -2.14. The minimum absolute atomic E-state index is 0.0890. The monoisotopic (exact) mass is 326 g/mol. The normalized spacial score (nSPS) is 15.9. The van der Waals surface area contributed by atoms with Crippen molar-refractivity contribution in [2.75, 3.05) is 0 Å². The van der Waals surface area contributed by atoms with Gasteiger partial charge in [0.05, 0.1) is 10.5 Å². The van der Waals surface area contributed by atoms with Crippen LogP contribution in [0.3, 0.4) is 0 Å². The molecule has 1 aromatic carbocycles. The summed E-state index contributed by atoms with van der Waals surface area (Å²) in [5.41, 5.74) is 0.208. The second-order valence-corrected chi connectivity index (χ2v) is 5.74. The summed E-state index contributed by atoms with van der Waals surface area (Å²) in [6.45, 7) is 1.96. The molecule has 0 saturated heterocycles. The van der Waals surface area contributed by atoms with Crippen molar-refractivity contribution in [1.29, 1.82) is 0 Å². The van der Waals surface area contributed by atoms with E-state index in [0.717, 1.165) is 12.3 Å². The highest BCUT2D eigenvalue weighted by molar-refractivity contribution is 9.10. The molecule has 0 spiro atoms. The van der Waals surface area contributed by atoms with E-state index in [4.69, 9.17) is 0 Å². The van der Waals surface area contributed by atoms with Crippen LogP contribution in [-0.2, 0) is 0 Å². The van der Waals surface area contributed by atoms with Gasteiger partial charge >= 0.3 is 0 Å². The summed E-state index contributed by atoms with van der Waals surface area (Å²) in [5, 5.41) is 13.7. The van der Waals surface area contributed by atoms with Crippen LogP contribution in [0.4, 0.5) is 5.69 Å². The van der Waals surface area contributed by atoms with Gasteiger partial charge in [0, 0.05) is 12.1 Å². The van der Waals surface area contributed by atoms with Crippen LogP contribution in [0.25, 0.3) is 0 Å². The van der Waals surface area contributed by atoms with Crippen molar-refractivity contribution in [2.45, 2.75) is 32.2 Å². The van der Waals surface area contributed by atoms with Crippen LogP contribution in [0.5, 0.6) is 0 Å². The summed E-state index contributed by atoms with van der Waals surface area (Å²) in [6, 6.07) is 4.56. The molecule has 1 saturated carbocycles. The smallest absolute Gasteiger partial charge is 0.284 e. The maximum Gasteiger partial charge on any atom is 0.284 e. The first-order valence-electron chi connectivity index (χ1n) is 6.22. The van der Waals surface area contributed by atoms with Crippen molar-refractivity contribution in [1.82, 2.24) is 5.32 Å². The molecule has 0 radical (unpaired) electrons. The highest BCUT2D eigenvalue weighted by atomic mass is 79.9. The van der Waals surface area contributed by atoms with E-state index >= 15 is 0 Å². The maximum absolute atomic E-state index is 12.1. The Bertz CT molecular complexity index is 515. The average Bonchev–Trinajstić information content (AvgIpc) is 3.12. The van der Waals surface area contributed by atoms with Gasteiger partial charge in [-0.25, -0.2) is 0 Å². The number of halogens is 1. The van der Waals surface area contributed by atoms with Gasteiger partial charge in [0.15, 0.2) is 0 Å². The third-order valence-corrected chi connectivity index (χ3v) is 4.01. The standard InChI is InChI=1S/C13H15BrN2O3/c1-8(7-9-5-6-9)15-13(17)10-3-2-4-11(12(10)14)16(18)19/h2-4,8-9H,5-7H2,1H3,(H,15,17). The summed E-state index contributed by atoms with van der Waals surface area (Å²) in [5.74, 6) is 0.451. The van der Waals surface area contributed by atoms with E-state index in [1.807, 2.05) is 6.92 Å². The van der Waals surface area contributed by atoms with Gasteiger partial charge < -0.3 is 5.32 Å². The van der Waals surface area contributed by atoms with Crippen LogP contribution in [0.1, 0.15) is 36.5 Å². The molecule has 1 N–H and O–H groups in total. The molecule has 0 bridgehead atoms. The van der Waals surface area contributed by atoms with Gasteiger partial charge in [-0.05, 0) is 41.3 Å². The van der Waals surface area contributed by atoms with E-state index in [9.17, 15) is 14.9 Å². The van der Waals surface area contributed by atoms with E-state index in [2.05, 4.69) is 21.2 Å². The first-order valence-corrected chi connectivity index (χ1v) is 7.02. The van der Waals surface area contributed by atoms with Crippen molar-refractivity contribution in [3.8, 4) is 0 Å². The second-order valence-electron chi connectivity index (χ2n) is 4.95. The zero-order valence-corrected chi connectivity index (χ0v) is 12.1. The molecule has 1 atom stereocenters. The molecule has 1 unspecified atom stereocenters. The Morgan fingerprint density at radius 1 is 1.58 bits per heavy atom. The largest absolute Gasteiger partial charge is 0.350 e. The van der Waals surface area contributed by atoms with Gasteiger partial charge in [-0.1, -0.05) is 18.9 Å². The number of rotatable bonds is 5. The van der Waals surface area contributed by atoms with Gasteiger partial charge in [-0.2, -0.15) is 0 Å². The molecule has 102 valence electrons. The van der Waals surface area contributed by atoms with E-state index in [1.165, 1.54) is 25.0 Å². The van der Waals surface area contributed by atoms with Crippen molar-refractivity contribution in [3.63, 3.8) is 0 Å². The number of nitrogens with one attached hydrogen (secondary N) is 1. The maximum atomic E-state index is 12.1. The van der Waals surface area contributed by atoms with Crippen molar-refractivity contribution >= 4 is 27.5 Å². The topological polar surface area (TPSA) is 72.2 Å². The number of nitrogens with zero attached hydrogens (tertiary/aromatic N) is 1. The first kappa shape index (κ1) is 14.0. The fourth-order valence-corrected chi connectivity index (χ4v) is 2.64. The van der Waals surface area contributed by atoms with Crippen molar-refractivity contribution in [3.05, 3.63) is 38.3 Å². The Hall–Kier alpha value is -1.43. The van der Waals surface area contributed by atoms with Gasteiger partial charge in [0.1, 0.15) is 4.47 Å². The quantitative estimate of drug-likeness (QED) is 0.666. The average molecular weight is 327 g/mol. The molecule has 1 aromatic rings. The Morgan fingerprint density at radius 2 is 2.26 bits per heavy atom. The van der Waals surface area contributed by atoms with E-state index < -0.39 is 4.92 Å². The summed E-state index contributed by atoms with van der Waals surface area (Å²) in [7, 11) is 0. The van der Waals surface area contributed by atoms with Crippen molar-refractivity contribution < 1.29 is 9.72 Å². The number of hydrogen-bond acceptors (Lipinski definition) is 3. The van der Waals surface area contributed by atoms with Gasteiger partial charge in [-0.15, -0.1) is 0 Å². The predicted octanol–water partition coefficient (Wildman–Crippen LogP) is 3.28. The highest BCUT2D eigenvalue weighted by Gasteiger charge is 2.25. The molecule has 6 heteroatoms. The molecular formula is C13H15BrN2O3. The molecular weight excluding hydrogens is 312 g/mol. The SMILES string of the molecule is CC(CC1CC1)NC(=O)c1cccc([N+](=O)[O-])c1Br. The molecule has 5 nitrogen and oxygen atoms in total. The van der Waals surface area contributed by atoms with Crippen LogP contribution >= 0.6 is 15.9 Å². The van der Waals surface area contributed by atoms with Crippen LogP contribution < -0.4 is 5.32 Å². The molecule has 1 amide bonds. The summed E-state index contributed by atoms with van der Waals surface area (Å²) < 4.78 is 0.233. The third-order valence-electron chi connectivity index (χ3n) is 3.18. The Balaban J connectivity index is 2.09. The molecule has 0 aliphatic heterocycles. The Labute approximate surface area is 119 Å². The third kappa shape index (κ3) is 3.53. The van der Waals surface area contributed by atoms with Gasteiger partial charge in [0.25, 0.3) is 11.6 Å². The fourth-order valence-electron chi connectivity index (χ4n) is 2.05. The number of carbonyl (C=O) groups is 1. The zero-order chi connectivity index (χ0) is 14.0. The number of benzene rings is 1. The highest BCUT2D eigenvalue weighted by Crippen LogP contribution is 2.33. The number of hydrogen-bond donors (Lipinski definition) is 1. The van der Waals surface area contributed by atoms with Gasteiger partial charge in [0.2, 0.25) is 0 Å². The fraction of sp³-hybridized carbons (Fsp3) is 0.462. The number of nitro groups is 1. The molecule has 1 fully saturated rings.